The Labute approximate surface area is 659 Å². The lowest BCUT2D eigenvalue weighted by Gasteiger charge is -2.41. The number of hydrogen-bond acceptors (Lipinski definition) is 19. The molecule has 12 aromatic rings. The highest BCUT2D eigenvalue weighted by Gasteiger charge is 2.34. The number of fused-ring (bicyclic) bond motifs is 3. The number of anilines is 6. The predicted molar refractivity (Wildman–Crippen MR) is 434 cm³/mol. The summed E-state index contributed by atoms with van der Waals surface area (Å²) in [5.41, 5.74) is 5.12. The van der Waals surface area contributed by atoms with E-state index in [1.165, 1.54) is 60.7 Å². The Balaban J connectivity index is 0.000000235. The first-order valence-electron chi connectivity index (χ1n) is 34.7. The van der Waals surface area contributed by atoms with Gasteiger partial charge in [0, 0.05) is 178 Å². The molecule has 26 nitrogen and oxygen atoms in total. The highest BCUT2D eigenvalue weighted by atomic mass is 35.5. The Morgan fingerprint density at radius 1 is 0.582 bits per heavy atom. The van der Waals surface area contributed by atoms with Crippen LogP contribution in [0.2, 0.25) is 10.0 Å². The van der Waals surface area contributed by atoms with Crippen LogP contribution in [0.5, 0.6) is 0 Å². The molecule has 3 atom stereocenters. The van der Waals surface area contributed by atoms with Crippen molar-refractivity contribution in [1.29, 1.82) is 0 Å². The molecule has 0 bridgehead atoms. The van der Waals surface area contributed by atoms with Gasteiger partial charge in [-0.1, -0.05) is 41.4 Å². The molecule has 9 heterocycles. The van der Waals surface area contributed by atoms with E-state index in [0.29, 0.717) is 92.9 Å². The first-order valence-corrected chi connectivity index (χ1v) is 41.5. The number of aryl methyl sites for hydroxylation is 1. The van der Waals surface area contributed by atoms with Crippen LogP contribution in [0.3, 0.4) is 0 Å². The van der Waals surface area contributed by atoms with E-state index >= 15 is 0 Å². The van der Waals surface area contributed by atoms with Crippen molar-refractivity contribution in [1.82, 2.24) is 52.7 Å². The van der Waals surface area contributed by atoms with Crippen LogP contribution in [-0.4, -0.2) is 174 Å². The SMILES string of the molecule is C[C@@H](C(=O)N1CCN(c2ccc(S(=O)(=O)Nc3nccs3)cc2)CC1)n1ccc2ccc(C(F)(F)F)cc21.C[C@H]1CN(c2ccc(S(=O)(=O)Nc3ncns3)cc2)CCN1C(=O)Cn1ccc2cccc(Cl)c21.Cc1cc2cc(Cl)ccc2n1C(C)C(=O)N1CCN(c2ccc(S(=O)(=O)Nc3ccncn3)cc2)CC1.[HH].[HH].[HH].[HH].[HH].[HH]. The van der Waals surface area contributed by atoms with Crippen molar-refractivity contribution in [2.75, 3.05) is 101 Å². The van der Waals surface area contributed by atoms with Crippen molar-refractivity contribution in [3.63, 3.8) is 0 Å². The molecule has 1 unspecified atom stereocenters. The fraction of sp³-hybridized carbons (Fsp3) is 0.270. The zero-order valence-electron chi connectivity index (χ0n) is 59.6. The Hall–Kier alpha value is -10.4. The minimum Gasteiger partial charge on any atom is -0.368 e. The van der Waals surface area contributed by atoms with Gasteiger partial charge < -0.3 is 43.1 Å². The second-order valence-corrected chi connectivity index (χ2v) is 33.9. The van der Waals surface area contributed by atoms with Gasteiger partial charge in [-0.15, -0.1) is 11.3 Å². The Morgan fingerprint density at radius 3 is 1.73 bits per heavy atom. The van der Waals surface area contributed by atoms with Crippen molar-refractivity contribution in [3.05, 3.63) is 216 Å². The van der Waals surface area contributed by atoms with E-state index in [4.69, 9.17) is 23.2 Å². The van der Waals surface area contributed by atoms with Crippen molar-refractivity contribution in [2.24, 2.45) is 0 Å². The number of thiazole rings is 1. The minimum atomic E-state index is -4.47. The lowest BCUT2D eigenvalue weighted by Crippen LogP contribution is -2.54. The second kappa shape index (κ2) is 32.7. The fourth-order valence-electron chi connectivity index (χ4n) is 13.7. The molecule has 3 saturated heterocycles. The lowest BCUT2D eigenvalue weighted by molar-refractivity contribution is -0.137. The van der Waals surface area contributed by atoms with Crippen LogP contribution in [0.25, 0.3) is 32.7 Å². The number of para-hydroxylation sites is 1. The van der Waals surface area contributed by atoms with Gasteiger partial charge in [0.2, 0.25) is 22.9 Å². The van der Waals surface area contributed by atoms with E-state index in [-0.39, 0.29) is 75.7 Å². The number of aromatic nitrogens is 8. The molecule has 3 N–H and O–H groups in total. The number of piperazine rings is 3. The monoisotopic (exact) mass is 1640 g/mol. The molecular formula is C74H86Cl2F3N17O9S5. The summed E-state index contributed by atoms with van der Waals surface area (Å²) in [6, 6.07) is 41.1. The van der Waals surface area contributed by atoms with E-state index in [1.54, 1.807) is 94.7 Å². The quantitative estimate of drug-likeness (QED) is 0.0719. The molecule has 15 rings (SSSR count). The number of halogens is 5. The Morgan fingerprint density at radius 2 is 1.16 bits per heavy atom. The number of sulfonamides is 3. The van der Waals surface area contributed by atoms with Crippen LogP contribution in [0, 0.1) is 6.92 Å². The first kappa shape index (κ1) is 77.8. The lowest BCUT2D eigenvalue weighted by atomic mass is 10.1. The highest BCUT2D eigenvalue weighted by Crippen LogP contribution is 2.35. The van der Waals surface area contributed by atoms with Crippen LogP contribution in [0.4, 0.5) is 46.3 Å². The molecule has 110 heavy (non-hydrogen) atoms. The van der Waals surface area contributed by atoms with Gasteiger partial charge in [0.1, 0.15) is 37.1 Å². The van der Waals surface area contributed by atoms with E-state index < -0.39 is 47.9 Å². The van der Waals surface area contributed by atoms with E-state index in [0.717, 1.165) is 68.2 Å². The van der Waals surface area contributed by atoms with E-state index in [2.05, 4.69) is 63.8 Å². The zero-order valence-corrected chi connectivity index (χ0v) is 65.2. The first-order chi connectivity index (χ1) is 52.6. The maximum Gasteiger partial charge on any atom is 0.416 e. The summed E-state index contributed by atoms with van der Waals surface area (Å²) in [6.45, 7) is 14.2. The van der Waals surface area contributed by atoms with Gasteiger partial charge >= 0.3 is 6.18 Å². The predicted octanol–water partition coefficient (Wildman–Crippen LogP) is 14.1. The average Bonchev–Trinajstić information content (AvgIpc) is 1.62. The largest absolute Gasteiger partial charge is 0.416 e. The average molecular weight is 1650 g/mol. The van der Waals surface area contributed by atoms with Crippen molar-refractivity contribution >= 4 is 160 Å². The van der Waals surface area contributed by atoms with Crippen LogP contribution < -0.4 is 28.9 Å². The summed E-state index contributed by atoms with van der Waals surface area (Å²) in [6.07, 6.45) is 4.63. The van der Waals surface area contributed by atoms with Gasteiger partial charge in [-0.3, -0.25) is 28.5 Å². The molecule has 6 aromatic carbocycles. The topological polar surface area (TPSA) is 288 Å². The smallest absolute Gasteiger partial charge is 0.368 e. The maximum absolute atomic E-state index is 13.4. The van der Waals surface area contributed by atoms with Gasteiger partial charge in [0.15, 0.2) is 5.13 Å². The molecule has 3 amide bonds. The van der Waals surface area contributed by atoms with Gasteiger partial charge in [0.25, 0.3) is 30.1 Å². The zero-order chi connectivity index (χ0) is 77.8. The third-order valence-corrected chi connectivity index (χ3v) is 25.5. The van der Waals surface area contributed by atoms with Crippen molar-refractivity contribution < 1.29 is 61.4 Å². The van der Waals surface area contributed by atoms with Crippen LogP contribution >= 0.6 is 46.1 Å². The van der Waals surface area contributed by atoms with Gasteiger partial charge in [-0.25, -0.2) is 45.2 Å². The molecule has 6 aromatic heterocycles. The molecule has 586 valence electrons. The molecule has 0 radical (unpaired) electrons. The second-order valence-electron chi connectivity index (χ2n) is 26.3. The molecule has 36 heteroatoms. The molecule has 3 aliphatic rings. The normalized spacial score (nSPS) is 15.7. The number of benzene rings is 6. The number of alkyl halides is 3. The number of carbonyl (C=O) groups excluding carboxylic acids is 3. The molecule has 0 aliphatic carbocycles. The Kier molecular flexibility index (Phi) is 23.1. The van der Waals surface area contributed by atoms with Crippen LogP contribution in [0.15, 0.2) is 209 Å². The number of amides is 3. The third-order valence-electron chi connectivity index (χ3n) is 19.3. The summed E-state index contributed by atoms with van der Waals surface area (Å²) in [5, 5.41) is 6.15. The van der Waals surface area contributed by atoms with E-state index in [1.807, 2.05) is 83.8 Å². The third kappa shape index (κ3) is 17.6. The minimum absolute atomic E-state index is 0. The summed E-state index contributed by atoms with van der Waals surface area (Å²) in [5.74, 6) is 0.154. The number of nitrogens with zero attached hydrogens (tertiary/aromatic N) is 14. The maximum atomic E-state index is 13.4. The number of nitrogens with one attached hydrogen (secondary N) is 3. The van der Waals surface area contributed by atoms with Crippen LogP contribution in [-0.2, 0) is 57.2 Å². The summed E-state index contributed by atoms with van der Waals surface area (Å²) < 4.78 is 132. The summed E-state index contributed by atoms with van der Waals surface area (Å²) in [7, 11) is -11.2. The number of hydrogen-bond donors (Lipinski definition) is 3. The molecule has 0 spiro atoms. The van der Waals surface area contributed by atoms with Gasteiger partial charge in [-0.2, -0.15) is 17.5 Å². The number of carbonyl (C=O) groups is 3. The summed E-state index contributed by atoms with van der Waals surface area (Å²) in [4.78, 5) is 67.5. The van der Waals surface area contributed by atoms with E-state index in [9.17, 15) is 52.8 Å². The summed E-state index contributed by atoms with van der Waals surface area (Å²) >= 11 is 14.7. The van der Waals surface area contributed by atoms with Gasteiger partial charge in [0.05, 0.1) is 30.8 Å². The standard InChI is InChI=1S/C26H27ClN6O3S.C25H24F3N5O3S2.C23H23ClN6O3S2.6H2/c1-18-15-20-16-21(27)3-8-24(20)33(18)19(2)26(34)32-13-11-31(12-14-32)22-4-6-23(7-5-22)37(35,36)30-25-9-10-28-17-29-25;1-17(33-10-8-18-2-3-19(16-22(18)33)25(26,27)28)23(34)32-13-11-31(12-14-32)20-4-6-21(7-5-20)38(35,36)30-24-29-9-15-37-24;1-16-13-28(18-5-7-19(8-6-18)35(32,33)27-23-25-15-26-34-23)11-12-30(16)21(31)14-29-10-9-17-3-2-4-20(24)22(17)29;;;;;;/h3-10,15-17,19H,11-14H2,1-2H3,(H,28,29,30);2-10,15-17H,11-14H2,1H3,(H,29,30);2-10,15-16H,11-14H2,1H3,(H,25,26,27);6*1H/t;17-;16-;;;;;;/m.00....../s1. The molecule has 0 saturated carbocycles. The van der Waals surface area contributed by atoms with Crippen molar-refractivity contribution in [2.45, 2.75) is 73.2 Å². The number of rotatable bonds is 18. The highest BCUT2D eigenvalue weighted by molar-refractivity contribution is 7.93. The molecular weight excluding hydrogens is 1560 g/mol. The Bertz CT molecular complexity index is 5670. The van der Waals surface area contributed by atoms with Crippen molar-refractivity contribution in [3.8, 4) is 0 Å². The molecule has 3 fully saturated rings. The van der Waals surface area contributed by atoms with Gasteiger partial charge in [-0.05, 0) is 167 Å². The molecule has 3 aliphatic heterocycles. The van der Waals surface area contributed by atoms with Crippen LogP contribution in [0.1, 0.15) is 52.7 Å². The fourth-order valence-corrected chi connectivity index (χ4v) is 18.6.